The summed E-state index contributed by atoms with van der Waals surface area (Å²) in [5.41, 5.74) is 7.45. The highest BCUT2D eigenvalue weighted by molar-refractivity contribution is 7.94. The van der Waals surface area contributed by atoms with Crippen molar-refractivity contribution in [2.75, 3.05) is 17.6 Å². The second kappa shape index (κ2) is 4.73. The van der Waals surface area contributed by atoms with E-state index in [0.717, 1.165) is 5.56 Å². The summed E-state index contributed by atoms with van der Waals surface area (Å²) in [6.07, 6.45) is 0. The van der Waals surface area contributed by atoms with Gasteiger partial charge in [0.15, 0.2) is 4.75 Å². The van der Waals surface area contributed by atoms with Crippen molar-refractivity contribution in [2.24, 2.45) is 0 Å². The molecule has 1 aliphatic heterocycles. The smallest absolute Gasteiger partial charge is 0.259 e. The van der Waals surface area contributed by atoms with Gasteiger partial charge >= 0.3 is 0 Å². The van der Waals surface area contributed by atoms with Crippen LogP contribution in [0.5, 0.6) is 0 Å². The van der Waals surface area contributed by atoms with Crippen LogP contribution in [0.15, 0.2) is 18.2 Å². The van der Waals surface area contributed by atoms with Gasteiger partial charge in [-0.1, -0.05) is 0 Å². The van der Waals surface area contributed by atoms with Crippen LogP contribution in [-0.4, -0.2) is 35.8 Å². The highest BCUT2D eigenvalue weighted by Crippen LogP contribution is 2.34. The van der Waals surface area contributed by atoms with E-state index in [1.807, 2.05) is 0 Å². The molecule has 1 saturated heterocycles. The predicted molar refractivity (Wildman–Crippen MR) is 78.9 cm³/mol. The largest absolute Gasteiger partial charge is 0.399 e. The molecule has 8 heteroatoms. The summed E-state index contributed by atoms with van der Waals surface area (Å²) in [6.45, 7) is 3.89. The molecule has 0 unspecified atom stereocenters. The van der Waals surface area contributed by atoms with Gasteiger partial charge in [-0.05, 0) is 44.5 Å². The average molecular weight is 311 g/mol. The minimum Gasteiger partial charge on any atom is -0.399 e. The van der Waals surface area contributed by atoms with Gasteiger partial charge in [0, 0.05) is 11.4 Å². The molecule has 0 aromatic heterocycles. The number of nitrogens with zero attached hydrogens (tertiary/aromatic N) is 1. The number of amides is 2. The van der Waals surface area contributed by atoms with Crippen molar-refractivity contribution in [3.05, 3.63) is 23.8 Å². The molecule has 0 atom stereocenters. The summed E-state index contributed by atoms with van der Waals surface area (Å²) in [6, 6.07) is 4.93. The van der Waals surface area contributed by atoms with E-state index >= 15 is 0 Å². The topological polar surface area (TPSA) is 110 Å². The van der Waals surface area contributed by atoms with E-state index in [1.54, 1.807) is 25.1 Å². The molecule has 0 spiro atoms. The van der Waals surface area contributed by atoms with Crippen molar-refractivity contribution in [2.45, 2.75) is 25.5 Å². The zero-order valence-corrected chi connectivity index (χ0v) is 12.8. The summed E-state index contributed by atoms with van der Waals surface area (Å²) in [5, 5.41) is 2.57. The Hall–Kier alpha value is -2.09. The number of benzene rings is 1. The Balaban J connectivity index is 2.09. The van der Waals surface area contributed by atoms with E-state index in [-0.39, 0.29) is 0 Å². The van der Waals surface area contributed by atoms with Crippen LogP contribution in [0.2, 0.25) is 0 Å². The molecule has 0 saturated carbocycles. The first-order valence-electron chi connectivity index (χ1n) is 6.30. The lowest BCUT2D eigenvalue weighted by Crippen LogP contribution is -2.68. The SMILES string of the molecule is Cc1cc(N)ccc1NC(=O)CN1C(=O)C(C)(C)S1(=O)=O. The van der Waals surface area contributed by atoms with E-state index in [2.05, 4.69) is 5.32 Å². The number of aryl methyl sites for hydroxylation is 1. The Bertz CT molecular complexity index is 725. The second-order valence-electron chi connectivity index (χ2n) is 5.45. The molecule has 21 heavy (non-hydrogen) atoms. The Labute approximate surface area is 123 Å². The zero-order valence-electron chi connectivity index (χ0n) is 12.0. The maximum absolute atomic E-state index is 11.9. The highest BCUT2D eigenvalue weighted by atomic mass is 32.2. The number of anilines is 2. The van der Waals surface area contributed by atoms with Crippen molar-refractivity contribution >= 4 is 33.2 Å². The molecule has 3 N–H and O–H groups in total. The normalized spacial score (nSPS) is 19.0. The van der Waals surface area contributed by atoms with E-state index in [0.29, 0.717) is 15.7 Å². The van der Waals surface area contributed by atoms with Gasteiger partial charge in [0.2, 0.25) is 5.91 Å². The summed E-state index contributed by atoms with van der Waals surface area (Å²) in [7, 11) is -3.75. The lowest BCUT2D eigenvalue weighted by atomic mass is 10.1. The van der Waals surface area contributed by atoms with Crippen molar-refractivity contribution in [3.63, 3.8) is 0 Å². The molecule has 2 amide bonds. The average Bonchev–Trinajstić information content (AvgIpc) is 2.38. The Morgan fingerprint density at radius 2 is 2.00 bits per heavy atom. The van der Waals surface area contributed by atoms with Crippen LogP contribution in [0.25, 0.3) is 0 Å². The Morgan fingerprint density at radius 3 is 2.52 bits per heavy atom. The maximum atomic E-state index is 11.9. The fourth-order valence-electron chi connectivity index (χ4n) is 2.06. The summed E-state index contributed by atoms with van der Waals surface area (Å²) < 4.78 is 22.9. The molecule has 1 heterocycles. The fraction of sp³-hybridized carbons (Fsp3) is 0.385. The third-order valence-corrected chi connectivity index (χ3v) is 5.83. The second-order valence-corrected chi connectivity index (χ2v) is 7.86. The number of hydrogen-bond acceptors (Lipinski definition) is 5. The van der Waals surface area contributed by atoms with E-state index in [9.17, 15) is 18.0 Å². The van der Waals surface area contributed by atoms with Crippen LogP contribution in [0.1, 0.15) is 19.4 Å². The van der Waals surface area contributed by atoms with Gasteiger partial charge in [0.05, 0.1) is 0 Å². The molecule has 2 rings (SSSR count). The standard InChI is InChI=1S/C13H17N3O4S/c1-8-6-9(14)4-5-10(8)15-11(17)7-16-12(18)13(2,3)21(16,19)20/h4-6H,7,14H2,1-3H3,(H,15,17). The van der Waals surface area contributed by atoms with Crippen molar-refractivity contribution < 1.29 is 18.0 Å². The third-order valence-electron chi connectivity index (χ3n) is 3.49. The molecule has 0 radical (unpaired) electrons. The van der Waals surface area contributed by atoms with Gasteiger partial charge in [-0.3, -0.25) is 9.59 Å². The summed E-state index contributed by atoms with van der Waals surface area (Å²) in [4.78, 5) is 23.6. The first-order valence-corrected chi connectivity index (χ1v) is 7.74. The monoisotopic (exact) mass is 311 g/mol. The summed E-state index contributed by atoms with van der Waals surface area (Å²) in [5.74, 6) is -1.15. The van der Waals surface area contributed by atoms with Gasteiger partial charge in [-0.25, -0.2) is 12.7 Å². The molecule has 1 fully saturated rings. The molecular formula is C13H17N3O4S. The minimum atomic E-state index is -3.75. The zero-order chi connectivity index (χ0) is 16.0. The van der Waals surface area contributed by atoms with Gasteiger partial charge in [0.1, 0.15) is 6.54 Å². The molecule has 1 aliphatic rings. The maximum Gasteiger partial charge on any atom is 0.259 e. The van der Waals surface area contributed by atoms with Crippen LogP contribution in [0, 0.1) is 6.92 Å². The number of sulfonamides is 1. The Morgan fingerprint density at radius 1 is 1.38 bits per heavy atom. The molecule has 0 bridgehead atoms. The van der Waals surface area contributed by atoms with Crippen molar-refractivity contribution in [1.82, 2.24) is 4.31 Å². The van der Waals surface area contributed by atoms with Crippen LogP contribution in [0.4, 0.5) is 11.4 Å². The summed E-state index contributed by atoms with van der Waals surface area (Å²) >= 11 is 0. The number of rotatable bonds is 3. The molecule has 114 valence electrons. The molecular weight excluding hydrogens is 294 g/mol. The van der Waals surface area contributed by atoms with E-state index in [4.69, 9.17) is 5.73 Å². The Kier molecular flexibility index (Phi) is 3.45. The van der Waals surface area contributed by atoms with Crippen LogP contribution >= 0.6 is 0 Å². The number of carbonyl (C=O) groups is 2. The van der Waals surface area contributed by atoms with Crippen LogP contribution in [0.3, 0.4) is 0 Å². The number of hydrogen-bond donors (Lipinski definition) is 2. The first kappa shape index (κ1) is 15.3. The van der Waals surface area contributed by atoms with E-state index < -0.39 is 33.1 Å². The third kappa shape index (κ3) is 2.35. The van der Waals surface area contributed by atoms with Crippen molar-refractivity contribution in [3.8, 4) is 0 Å². The quantitative estimate of drug-likeness (QED) is 0.788. The fourth-order valence-corrected chi connectivity index (χ4v) is 3.54. The first-order chi connectivity index (χ1) is 9.57. The molecule has 1 aromatic rings. The van der Waals surface area contributed by atoms with Gasteiger partial charge in [-0.15, -0.1) is 0 Å². The molecule has 0 aliphatic carbocycles. The van der Waals surface area contributed by atoms with Crippen molar-refractivity contribution in [1.29, 1.82) is 0 Å². The molecule has 1 aromatic carbocycles. The lowest BCUT2D eigenvalue weighted by Gasteiger charge is -2.42. The van der Waals surface area contributed by atoms with Gasteiger partial charge in [0.25, 0.3) is 15.9 Å². The molecule has 7 nitrogen and oxygen atoms in total. The van der Waals surface area contributed by atoms with Crippen LogP contribution in [-0.2, 0) is 19.6 Å². The number of carbonyl (C=O) groups excluding carboxylic acids is 2. The van der Waals surface area contributed by atoms with Crippen LogP contribution < -0.4 is 11.1 Å². The number of nitrogens with two attached hydrogens (primary N) is 1. The van der Waals surface area contributed by atoms with E-state index in [1.165, 1.54) is 13.8 Å². The minimum absolute atomic E-state index is 0.519. The predicted octanol–water partition coefficient (Wildman–Crippen LogP) is 0.466. The lowest BCUT2D eigenvalue weighted by molar-refractivity contribution is -0.134. The van der Waals surface area contributed by atoms with Gasteiger partial charge in [-0.2, -0.15) is 0 Å². The number of nitrogens with one attached hydrogen (secondary N) is 1. The van der Waals surface area contributed by atoms with Gasteiger partial charge < -0.3 is 11.1 Å². The highest BCUT2D eigenvalue weighted by Gasteiger charge is 2.60. The number of nitrogen functional groups attached to an aromatic ring is 1.